The fourth-order valence-electron chi connectivity index (χ4n) is 4.53. The molecule has 1 heterocycles. The highest BCUT2D eigenvalue weighted by Crippen LogP contribution is 2.38. The number of hydrogen-bond donors (Lipinski definition) is 1. The lowest BCUT2D eigenvalue weighted by molar-refractivity contribution is 0.171. The van der Waals surface area contributed by atoms with Gasteiger partial charge in [-0.05, 0) is 54.4 Å². The molecule has 35 heavy (non-hydrogen) atoms. The van der Waals surface area contributed by atoms with Crippen LogP contribution < -0.4 is 9.64 Å². The number of hydrogen-bond acceptors (Lipinski definition) is 6. The normalized spacial score (nSPS) is 16.8. The SMILES string of the molecule is C[C@@H](c1ccc(C#N)cc1)N1CCN(c2ccc(OCCO)cc2Cl)[C@H](c2ccc(C#N)cc2)C1. The van der Waals surface area contributed by atoms with Crippen molar-refractivity contribution in [3.63, 3.8) is 0 Å². The highest BCUT2D eigenvalue weighted by atomic mass is 35.5. The van der Waals surface area contributed by atoms with Crippen LogP contribution in [-0.4, -0.2) is 42.9 Å². The molecule has 0 unspecified atom stereocenters. The van der Waals surface area contributed by atoms with Crippen molar-refractivity contribution in [2.24, 2.45) is 0 Å². The lowest BCUT2D eigenvalue weighted by Crippen LogP contribution is -2.49. The van der Waals surface area contributed by atoms with Crippen LogP contribution in [0.25, 0.3) is 0 Å². The third kappa shape index (κ3) is 5.58. The van der Waals surface area contributed by atoms with Gasteiger partial charge in [-0.2, -0.15) is 10.5 Å². The van der Waals surface area contributed by atoms with Gasteiger partial charge < -0.3 is 14.7 Å². The number of rotatable bonds is 7. The Morgan fingerprint density at radius 1 is 1.00 bits per heavy atom. The van der Waals surface area contributed by atoms with E-state index in [1.165, 1.54) is 5.56 Å². The van der Waals surface area contributed by atoms with Crippen molar-refractivity contribution in [2.45, 2.75) is 19.0 Å². The molecule has 0 saturated carbocycles. The maximum absolute atomic E-state index is 9.24. The van der Waals surface area contributed by atoms with Gasteiger partial charge in [0, 0.05) is 31.7 Å². The van der Waals surface area contributed by atoms with Crippen LogP contribution >= 0.6 is 11.6 Å². The molecule has 7 heteroatoms. The molecular weight excluding hydrogens is 460 g/mol. The number of piperazine rings is 1. The zero-order valence-corrected chi connectivity index (χ0v) is 20.3. The minimum Gasteiger partial charge on any atom is -0.491 e. The molecule has 3 aromatic rings. The van der Waals surface area contributed by atoms with Gasteiger partial charge in [0.05, 0.1) is 46.6 Å². The van der Waals surface area contributed by atoms with Crippen LogP contribution in [-0.2, 0) is 0 Å². The Bertz CT molecular complexity index is 1230. The molecule has 1 aliphatic heterocycles. The Labute approximate surface area is 211 Å². The average molecular weight is 487 g/mol. The summed E-state index contributed by atoms with van der Waals surface area (Å²) >= 11 is 6.70. The highest BCUT2D eigenvalue weighted by Gasteiger charge is 2.32. The molecule has 0 spiro atoms. The molecule has 6 nitrogen and oxygen atoms in total. The summed E-state index contributed by atoms with van der Waals surface area (Å²) in [6.45, 7) is 4.73. The van der Waals surface area contributed by atoms with Crippen molar-refractivity contribution in [2.75, 3.05) is 37.7 Å². The van der Waals surface area contributed by atoms with E-state index >= 15 is 0 Å². The average Bonchev–Trinajstić information content (AvgIpc) is 2.91. The fraction of sp³-hybridized carbons (Fsp3) is 0.286. The van der Waals surface area contributed by atoms with Gasteiger partial charge in [0.25, 0.3) is 0 Å². The zero-order chi connectivity index (χ0) is 24.8. The summed E-state index contributed by atoms with van der Waals surface area (Å²) in [6.07, 6.45) is 0. The quantitative estimate of drug-likeness (QED) is 0.501. The van der Waals surface area contributed by atoms with E-state index in [4.69, 9.17) is 26.7 Å². The van der Waals surface area contributed by atoms with Crippen molar-refractivity contribution in [1.29, 1.82) is 10.5 Å². The second-order valence-corrected chi connectivity index (χ2v) is 8.94. The standard InChI is InChI=1S/C28H27ClN4O2/c1-20(23-6-2-21(17-30)3-7-23)32-12-13-33(27-11-10-25(16-26(27)29)35-15-14-34)28(19-32)24-8-4-22(18-31)5-9-24/h2-11,16,20,28,34H,12-15,19H2,1H3/t20-,28-/m0/s1. The molecule has 4 rings (SSSR count). The molecule has 1 saturated heterocycles. The summed E-state index contributed by atoms with van der Waals surface area (Å²) in [6, 6.07) is 25.7. The van der Waals surface area contributed by atoms with Gasteiger partial charge in [0.1, 0.15) is 12.4 Å². The first-order valence-corrected chi connectivity index (χ1v) is 12.0. The number of anilines is 1. The van der Waals surface area contributed by atoms with E-state index in [2.05, 4.69) is 28.9 Å². The molecule has 1 N–H and O–H groups in total. The van der Waals surface area contributed by atoms with Crippen molar-refractivity contribution in [3.8, 4) is 17.9 Å². The summed E-state index contributed by atoms with van der Waals surface area (Å²) in [4.78, 5) is 4.74. The summed E-state index contributed by atoms with van der Waals surface area (Å²) in [5.41, 5.74) is 4.48. The van der Waals surface area contributed by atoms with Gasteiger partial charge in [-0.3, -0.25) is 4.90 Å². The number of halogens is 1. The Kier molecular flexibility index (Phi) is 7.90. The minimum atomic E-state index is -0.0560. The van der Waals surface area contributed by atoms with E-state index in [0.29, 0.717) is 21.9 Å². The summed E-state index contributed by atoms with van der Waals surface area (Å²) < 4.78 is 5.52. The number of aliphatic hydroxyl groups excluding tert-OH is 1. The summed E-state index contributed by atoms with van der Waals surface area (Å²) in [5.74, 6) is 0.621. The number of ether oxygens (including phenoxy) is 1. The van der Waals surface area contributed by atoms with Crippen LogP contribution in [0.2, 0.25) is 5.02 Å². The van der Waals surface area contributed by atoms with Crippen molar-refractivity contribution >= 4 is 17.3 Å². The number of benzene rings is 3. The van der Waals surface area contributed by atoms with Gasteiger partial charge in [0.2, 0.25) is 0 Å². The second kappa shape index (κ2) is 11.3. The smallest absolute Gasteiger partial charge is 0.121 e. The van der Waals surface area contributed by atoms with Crippen molar-refractivity contribution in [3.05, 3.63) is 94.0 Å². The van der Waals surface area contributed by atoms with Gasteiger partial charge in [-0.1, -0.05) is 35.9 Å². The molecule has 0 aromatic heterocycles. The number of nitrogens with zero attached hydrogens (tertiary/aromatic N) is 4. The molecule has 0 aliphatic carbocycles. The van der Waals surface area contributed by atoms with Crippen LogP contribution in [0.4, 0.5) is 5.69 Å². The first kappa shape index (κ1) is 24.6. The topological polar surface area (TPSA) is 83.5 Å². The second-order valence-electron chi connectivity index (χ2n) is 8.53. The predicted octanol–water partition coefficient (Wildman–Crippen LogP) is 5.08. The fourth-order valence-corrected chi connectivity index (χ4v) is 4.81. The number of nitriles is 2. The first-order valence-electron chi connectivity index (χ1n) is 11.6. The lowest BCUT2D eigenvalue weighted by Gasteiger charge is -2.45. The Balaban J connectivity index is 1.63. The molecule has 0 amide bonds. The predicted molar refractivity (Wildman–Crippen MR) is 136 cm³/mol. The van der Waals surface area contributed by atoms with Gasteiger partial charge in [0.15, 0.2) is 0 Å². The summed E-state index contributed by atoms with van der Waals surface area (Å²) in [7, 11) is 0. The van der Waals surface area contributed by atoms with E-state index in [1.807, 2.05) is 60.7 Å². The molecular formula is C28H27ClN4O2. The van der Waals surface area contributed by atoms with Crippen LogP contribution in [0.15, 0.2) is 66.7 Å². The van der Waals surface area contributed by atoms with E-state index in [-0.39, 0.29) is 25.3 Å². The third-order valence-corrected chi connectivity index (χ3v) is 6.80. The van der Waals surface area contributed by atoms with Gasteiger partial charge >= 0.3 is 0 Å². The molecule has 0 bridgehead atoms. The molecule has 3 aromatic carbocycles. The largest absolute Gasteiger partial charge is 0.491 e. The highest BCUT2D eigenvalue weighted by molar-refractivity contribution is 6.33. The Morgan fingerprint density at radius 3 is 2.26 bits per heavy atom. The monoisotopic (exact) mass is 486 g/mol. The van der Waals surface area contributed by atoms with Crippen LogP contribution in [0.1, 0.15) is 41.3 Å². The van der Waals surface area contributed by atoms with Crippen molar-refractivity contribution < 1.29 is 9.84 Å². The van der Waals surface area contributed by atoms with Crippen molar-refractivity contribution in [1.82, 2.24) is 4.90 Å². The first-order chi connectivity index (χ1) is 17.0. The number of aliphatic hydroxyl groups is 1. The Hall–Kier alpha value is -3.55. The van der Waals surface area contributed by atoms with E-state index < -0.39 is 0 Å². The Morgan fingerprint density at radius 2 is 1.66 bits per heavy atom. The van der Waals surface area contributed by atoms with Crippen LogP contribution in [0.5, 0.6) is 5.75 Å². The third-order valence-electron chi connectivity index (χ3n) is 6.49. The maximum Gasteiger partial charge on any atom is 0.121 e. The molecule has 0 radical (unpaired) electrons. The molecule has 178 valence electrons. The lowest BCUT2D eigenvalue weighted by atomic mass is 9.97. The van der Waals surface area contributed by atoms with Crippen LogP contribution in [0, 0.1) is 22.7 Å². The molecule has 2 atom stereocenters. The summed E-state index contributed by atoms with van der Waals surface area (Å²) in [5, 5.41) is 28.0. The molecule has 1 fully saturated rings. The van der Waals surface area contributed by atoms with E-state index in [1.54, 1.807) is 6.07 Å². The zero-order valence-electron chi connectivity index (χ0n) is 19.6. The minimum absolute atomic E-state index is 0.0269. The van der Waals surface area contributed by atoms with E-state index in [9.17, 15) is 5.26 Å². The maximum atomic E-state index is 9.24. The van der Waals surface area contributed by atoms with Crippen LogP contribution in [0.3, 0.4) is 0 Å². The van der Waals surface area contributed by atoms with E-state index in [0.717, 1.165) is 30.9 Å². The van der Waals surface area contributed by atoms with Gasteiger partial charge in [-0.15, -0.1) is 0 Å². The van der Waals surface area contributed by atoms with Gasteiger partial charge in [-0.25, -0.2) is 0 Å². The molecule has 1 aliphatic rings.